The third-order valence-corrected chi connectivity index (χ3v) is 2.75. The van der Waals surface area contributed by atoms with Crippen LogP contribution >= 0.6 is 0 Å². The molecule has 1 aliphatic rings. The summed E-state index contributed by atoms with van der Waals surface area (Å²) >= 11 is 0. The Morgan fingerprint density at radius 2 is 2.20 bits per heavy atom. The maximum Gasteiger partial charge on any atom is 0.315 e. The molecule has 0 spiro atoms. The van der Waals surface area contributed by atoms with Crippen molar-refractivity contribution in [3.8, 4) is 0 Å². The topological polar surface area (TPSA) is 92.7 Å². The van der Waals surface area contributed by atoms with E-state index >= 15 is 0 Å². The van der Waals surface area contributed by atoms with Crippen molar-refractivity contribution in [2.45, 2.75) is 18.9 Å². The van der Waals surface area contributed by atoms with Crippen LogP contribution in [0.3, 0.4) is 0 Å². The van der Waals surface area contributed by atoms with Crippen LogP contribution in [-0.2, 0) is 4.79 Å². The van der Waals surface area contributed by atoms with Gasteiger partial charge in [0.25, 0.3) is 0 Å². The largest absolute Gasteiger partial charge is 0.351 e. The predicted octanol–water partition coefficient (Wildman–Crippen LogP) is -1.05. The predicted molar refractivity (Wildman–Crippen MR) is 56.0 cm³/mol. The molecule has 0 saturated carbocycles. The van der Waals surface area contributed by atoms with Crippen LogP contribution in [0.1, 0.15) is 12.8 Å². The third kappa shape index (κ3) is 2.82. The minimum absolute atomic E-state index is 0.000207. The lowest BCUT2D eigenvalue weighted by Gasteiger charge is -2.27. The Bertz CT molecular complexity index is 256. The highest BCUT2D eigenvalue weighted by atomic mass is 16.2. The summed E-state index contributed by atoms with van der Waals surface area (Å²) in [5.41, 5.74) is 10.5. The highest BCUT2D eigenvalue weighted by molar-refractivity contribution is 5.78. The Labute approximate surface area is 89.2 Å². The van der Waals surface area contributed by atoms with Gasteiger partial charge in [0.15, 0.2) is 0 Å². The first-order chi connectivity index (χ1) is 7.06. The van der Waals surface area contributed by atoms with Crippen molar-refractivity contribution in [3.05, 3.63) is 0 Å². The van der Waals surface area contributed by atoms with Crippen LogP contribution in [0.15, 0.2) is 0 Å². The molecule has 1 heterocycles. The quantitative estimate of drug-likeness (QED) is 0.627. The Kier molecular flexibility index (Phi) is 3.90. The van der Waals surface area contributed by atoms with E-state index in [2.05, 4.69) is 0 Å². The normalized spacial score (nSPS) is 20.4. The molecule has 1 atom stereocenters. The molecule has 3 amide bonds. The standard InChI is InChI=1S/C9H18N4O2/c1-12(8(14)5-10)6-7-3-2-4-13(7)9(11)15/h7H,2-6,10H2,1H3,(H2,11,15). The third-order valence-electron chi connectivity index (χ3n) is 2.75. The van der Waals surface area contributed by atoms with Crippen molar-refractivity contribution in [2.24, 2.45) is 11.5 Å². The molecule has 0 aliphatic carbocycles. The molecular weight excluding hydrogens is 196 g/mol. The molecule has 6 nitrogen and oxygen atoms in total. The van der Waals surface area contributed by atoms with Gasteiger partial charge in [-0.05, 0) is 12.8 Å². The first kappa shape index (κ1) is 11.8. The van der Waals surface area contributed by atoms with Gasteiger partial charge in [0, 0.05) is 20.1 Å². The number of carbonyl (C=O) groups is 2. The van der Waals surface area contributed by atoms with Crippen LogP contribution in [0.2, 0.25) is 0 Å². The number of rotatable bonds is 3. The number of hydrogen-bond donors (Lipinski definition) is 2. The first-order valence-corrected chi connectivity index (χ1v) is 5.06. The summed E-state index contributed by atoms with van der Waals surface area (Å²) in [6, 6.07) is -0.367. The minimum Gasteiger partial charge on any atom is -0.351 e. The number of urea groups is 1. The van der Waals surface area contributed by atoms with Crippen LogP contribution in [0.4, 0.5) is 4.79 Å². The van der Waals surface area contributed by atoms with Crippen molar-refractivity contribution >= 4 is 11.9 Å². The average Bonchev–Trinajstić information content (AvgIpc) is 2.64. The maximum absolute atomic E-state index is 11.2. The van der Waals surface area contributed by atoms with E-state index in [0.29, 0.717) is 13.1 Å². The summed E-state index contributed by atoms with van der Waals surface area (Å²) in [7, 11) is 1.69. The van der Waals surface area contributed by atoms with E-state index in [1.165, 1.54) is 0 Å². The molecule has 6 heteroatoms. The molecular formula is C9H18N4O2. The van der Waals surface area contributed by atoms with Gasteiger partial charge in [0.1, 0.15) is 0 Å². The number of nitrogens with zero attached hydrogens (tertiary/aromatic N) is 2. The van der Waals surface area contributed by atoms with Crippen molar-refractivity contribution < 1.29 is 9.59 Å². The zero-order valence-electron chi connectivity index (χ0n) is 8.98. The summed E-state index contributed by atoms with van der Waals surface area (Å²) in [5.74, 6) is -0.119. The molecule has 86 valence electrons. The Hall–Kier alpha value is -1.30. The second kappa shape index (κ2) is 4.97. The van der Waals surface area contributed by atoms with Gasteiger partial charge in [-0.1, -0.05) is 0 Å². The van der Waals surface area contributed by atoms with E-state index in [9.17, 15) is 9.59 Å². The number of carbonyl (C=O) groups excluding carboxylic acids is 2. The maximum atomic E-state index is 11.2. The molecule has 0 aromatic heterocycles. The lowest BCUT2D eigenvalue weighted by molar-refractivity contribution is -0.128. The van der Waals surface area contributed by atoms with Gasteiger partial charge in [-0.2, -0.15) is 0 Å². The molecule has 0 bridgehead atoms. The number of likely N-dealkylation sites (N-methyl/N-ethyl adjacent to an activating group) is 1. The monoisotopic (exact) mass is 214 g/mol. The molecule has 4 N–H and O–H groups in total. The zero-order chi connectivity index (χ0) is 11.4. The second-order valence-corrected chi connectivity index (χ2v) is 3.81. The van der Waals surface area contributed by atoms with Gasteiger partial charge in [-0.25, -0.2) is 4.79 Å². The fourth-order valence-electron chi connectivity index (χ4n) is 1.89. The number of hydrogen-bond acceptors (Lipinski definition) is 3. The molecule has 1 rings (SSSR count). The lowest BCUT2D eigenvalue weighted by Crippen LogP contribution is -2.46. The van der Waals surface area contributed by atoms with Crippen molar-refractivity contribution in [1.29, 1.82) is 0 Å². The molecule has 15 heavy (non-hydrogen) atoms. The number of amides is 3. The lowest BCUT2D eigenvalue weighted by atomic mass is 10.2. The Balaban J connectivity index is 2.50. The minimum atomic E-state index is -0.411. The van der Waals surface area contributed by atoms with Crippen LogP contribution in [-0.4, -0.2) is 54.5 Å². The fraction of sp³-hybridized carbons (Fsp3) is 0.778. The molecule has 0 aromatic carbocycles. The number of nitrogens with two attached hydrogens (primary N) is 2. The summed E-state index contributed by atoms with van der Waals surface area (Å²) in [5, 5.41) is 0. The van der Waals surface area contributed by atoms with E-state index in [1.54, 1.807) is 16.8 Å². The van der Waals surface area contributed by atoms with Gasteiger partial charge in [0.2, 0.25) is 5.91 Å². The van der Waals surface area contributed by atoms with Crippen LogP contribution in [0.5, 0.6) is 0 Å². The van der Waals surface area contributed by atoms with Gasteiger partial charge in [-0.15, -0.1) is 0 Å². The Morgan fingerprint density at radius 3 is 2.73 bits per heavy atom. The van der Waals surface area contributed by atoms with Gasteiger partial charge in [0.05, 0.1) is 12.6 Å². The van der Waals surface area contributed by atoms with Crippen LogP contribution < -0.4 is 11.5 Å². The van der Waals surface area contributed by atoms with Crippen molar-refractivity contribution in [3.63, 3.8) is 0 Å². The Morgan fingerprint density at radius 1 is 1.53 bits per heavy atom. The number of primary amides is 1. The van der Waals surface area contributed by atoms with Crippen molar-refractivity contribution in [1.82, 2.24) is 9.80 Å². The highest BCUT2D eigenvalue weighted by Crippen LogP contribution is 2.17. The molecule has 1 fully saturated rings. The highest BCUT2D eigenvalue weighted by Gasteiger charge is 2.28. The van der Waals surface area contributed by atoms with E-state index in [4.69, 9.17) is 11.5 Å². The molecule has 0 aromatic rings. The van der Waals surface area contributed by atoms with Gasteiger partial charge >= 0.3 is 6.03 Å². The molecule has 1 aliphatic heterocycles. The van der Waals surface area contributed by atoms with E-state index < -0.39 is 6.03 Å². The summed E-state index contributed by atoms with van der Waals surface area (Å²) in [6.45, 7) is 1.20. The molecule has 0 radical (unpaired) electrons. The van der Waals surface area contributed by atoms with Crippen LogP contribution in [0.25, 0.3) is 0 Å². The summed E-state index contributed by atoms with van der Waals surface area (Å²) < 4.78 is 0. The van der Waals surface area contributed by atoms with Gasteiger partial charge in [-0.3, -0.25) is 4.79 Å². The second-order valence-electron chi connectivity index (χ2n) is 3.81. The van der Waals surface area contributed by atoms with E-state index in [1.807, 2.05) is 0 Å². The van der Waals surface area contributed by atoms with Crippen LogP contribution in [0, 0.1) is 0 Å². The average molecular weight is 214 g/mol. The van der Waals surface area contributed by atoms with E-state index in [-0.39, 0.29) is 18.5 Å². The first-order valence-electron chi connectivity index (χ1n) is 5.06. The smallest absolute Gasteiger partial charge is 0.315 e. The van der Waals surface area contributed by atoms with E-state index in [0.717, 1.165) is 12.8 Å². The molecule has 1 unspecified atom stereocenters. The van der Waals surface area contributed by atoms with Gasteiger partial charge < -0.3 is 21.3 Å². The summed E-state index contributed by atoms with van der Waals surface area (Å²) in [6.07, 6.45) is 1.84. The SMILES string of the molecule is CN(CC1CCCN1C(N)=O)C(=O)CN. The zero-order valence-corrected chi connectivity index (χ0v) is 8.98. The fourth-order valence-corrected chi connectivity index (χ4v) is 1.89. The summed E-state index contributed by atoms with van der Waals surface area (Å²) in [4.78, 5) is 25.5. The number of likely N-dealkylation sites (tertiary alicyclic amines) is 1. The van der Waals surface area contributed by atoms with Crippen molar-refractivity contribution in [2.75, 3.05) is 26.7 Å². The molecule has 1 saturated heterocycles.